The standard InChI is InChI=1S/C24H27N3O4/c1-4-31-17-8-5-7-16(13-17)22-19-20(18-12-14(2)11-15(3)23(18)29)25-26-21(19)24(30)27(22)9-6-10-28/h5,7-8,11-13,22,28-29H,4,6,9-10H2,1-3H3,(H,25,26)/t22-/m1/s1. The largest absolute Gasteiger partial charge is 0.507 e. The van der Waals surface area contributed by atoms with Crippen LogP contribution < -0.4 is 4.74 Å². The molecule has 0 spiro atoms. The first-order chi connectivity index (χ1) is 15.0. The molecule has 3 aromatic rings. The summed E-state index contributed by atoms with van der Waals surface area (Å²) >= 11 is 0. The molecule has 3 N–H and O–H groups in total. The van der Waals surface area contributed by atoms with Crippen LogP contribution >= 0.6 is 0 Å². The number of nitrogens with one attached hydrogen (secondary N) is 1. The Balaban J connectivity index is 1.90. The van der Waals surface area contributed by atoms with E-state index in [1.165, 1.54) is 0 Å². The van der Waals surface area contributed by atoms with E-state index in [9.17, 15) is 15.0 Å². The van der Waals surface area contributed by atoms with E-state index in [1.54, 1.807) is 4.90 Å². The SMILES string of the molecule is CCOc1cccc([C@@H]2c3c(-c4cc(C)cc(C)c4O)n[nH]c3C(=O)N2CCCO)c1. The molecule has 2 heterocycles. The number of aliphatic hydroxyl groups excluding tert-OH is 1. The Bertz CT molecular complexity index is 1120. The Morgan fingerprint density at radius 3 is 2.77 bits per heavy atom. The number of carbonyl (C=O) groups is 1. The van der Waals surface area contributed by atoms with Crippen LogP contribution in [0.4, 0.5) is 0 Å². The van der Waals surface area contributed by atoms with Crippen LogP contribution in [0.15, 0.2) is 36.4 Å². The van der Waals surface area contributed by atoms with Gasteiger partial charge < -0.3 is 19.8 Å². The Morgan fingerprint density at radius 1 is 1.23 bits per heavy atom. The second-order valence-electron chi connectivity index (χ2n) is 7.82. The zero-order valence-corrected chi connectivity index (χ0v) is 18.0. The van der Waals surface area contributed by atoms with Crippen molar-refractivity contribution in [3.05, 3.63) is 64.3 Å². The number of phenols is 1. The maximum atomic E-state index is 13.2. The average molecular weight is 421 g/mol. The van der Waals surface area contributed by atoms with Crippen molar-refractivity contribution >= 4 is 5.91 Å². The molecule has 1 aromatic heterocycles. The smallest absolute Gasteiger partial charge is 0.273 e. The zero-order chi connectivity index (χ0) is 22.1. The molecule has 162 valence electrons. The molecular formula is C24H27N3O4. The lowest BCUT2D eigenvalue weighted by molar-refractivity contribution is 0.0732. The van der Waals surface area contributed by atoms with Gasteiger partial charge in [0, 0.05) is 24.3 Å². The van der Waals surface area contributed by atoms with E-state index >= 15 is 0 Å². The minimum Gasteiger partial charge on any atom is -0.507 e. The van der Waals surface area contributed by atoms with Crippen LogP contribution in [-0.4, -0.2) is 51.0 Å². The van der Waals surface area contributed by atoms with Gasteiger partial charge in [-0.15, -0.1) is 0 Å². The van der Waals surface area contributed by atoms with Gasteiger partial charge in [0.15, 0.2) is 0 Å². The Labute approximate surface area is 181 Å². The normalized spacial score (nSPS) is 15.4. The molecule has 0 unspecified atom stereocenters. The molecule has 31 heavy (non-hydrogen) atoms. The highest BCUT2D eigenvalue weighted by molar-refractivity contribution is 6.00. The summed E-state index contributed by atoms with van der Waals surface area (Å²) in [6.45, 7) is 6.67. The van der Waals surface area contributed by atoms with Crippen LogP contribution in [0.1, 0.15) is 52.1 Å². The highest BCUT2D eigenvalue weighted by Crippen LogP contribution is 2.45. The quantitative estimate of drug-likeness (QED) is 0.540. The highest BCUT2D eigenvalue weighted by Gasteiger charge is 2.42. The van der Waals surface area contributed by atoms with Crippen LogP contribution in [0.2, 0.25) is 0 Å². The van der Waals surface area contributed by atoms with Gasteiger partial charge in [-0.25, -0.2) is 0 Å². The van der Waals surface area contributed by atoms with Gasteiger partial charge in [-0.3, -0.25) is 9.89 Å². The van der Waals surface area contributed by atoms with Crippen LogP contribution in [0.3, 0.4) is 0 Å². The molecule has 7 heteroatoms. The van der Waals surface area contributed by atoms with Crippen molar-refractivity contribution in [2.45, 2.75) is 33.2 Å². The third-order valence-corrected chi connectivity index (χ3v) is 5.61. The van der Waals surface area contributed by atoms with Gasteiger partial charge in [-0.1, -0.05) is 18.2 Å². The summed E-state index contributed by atoms with van der Waals surface area (Å²) in [6.07, 6.45) is 0.467. The molecule has 0 saturated heterocycles. The number of aromatic hydroxyl groups is 1. The van der Waals surface area contributed by atoms with E-state index in [1.807, 2.05) is 57.2 Å². The topological polar surface area (TPSA) is 98.7 Å². The van der Waals surface area contributed by atoms with E-state index in [-0.39, 0.29) is 18.3 Å². The number of aryl methyl sites for hydroxylation is 2. The Hall–Kier alpha value is -3.32. The molecule has 0 radical (unpaired) electrons. The maximum absolute atomic E-state index is 13.2. The number of aromatic amines is 1. The number of fused-ring (bicyclic) bond motifs is 1. The first kappa shape index (κ1) is 20.9. The Kier molecular flexibility index (Phi) is 5.69. The van der Waals surface area contributed by atoms with Gasteiger partial charge in [0.1, 0.15) is 22.9 Å². The van der Waals surface area contributed by atoms with Gasteiger partial charge in [0.05, 0.1) is 12.6 Å². The number of ether oxygens (including phenoxy) is 1. The van der Waals surface area contributed by atoms with Crippen molar-refractivity contribution in [1.29, 1.82) is 0 Å². The monoisotopic (exact) mass is 421 g/mol. The van der Waals surface area contributed by atoms with E-state index in [4.69, 9.17) is 4.74 Å². The third-order valence-electron chi connectivity index (χ3n) is 5.61. The predicted octanol–water partition coefficient (Wildman–Crippen LogP) is 3.73. The molecule has 4 rings (SSSR count). The summed E-state index contributed by atoms with van der Waals surface area (Å²) in [5, 5.41) is 27.5. The highest BCUT2D eigenvalue weighted by atomic mass is 16.5. The number of aliphatic hydroxyl groups is 1. The first-order valence-corrected chi connectivity index (χ1v) is 10.5. The molecule has 1 aliphatic heterocycles. The van der Waals surface area contributed by atoms with Crippen LogP contribution in [-0.2, 0) is 0 Å². The molecule has 0 fully saturated rings. The van der Waals surface area contributed by atoms with Crippen LogP contribution in [0, 0.1) is 13.8 Å². The molecule has 1 aliphatic rings. The lowest BCUT2D eigenvalue weighted by Gasteiger charge is -2.26. The second-order valence-corrected chi connectivity index (χ2v) is 7.82. The minimum atomic E-state index is -0.400. The van der Waals surface area contributed by atoms with Gasteiger partial charge in [0.25, 0.3) is 5.91 Å². The minimum absolute atomic E-state index is 0.00755. The summed E-state index contributed by atoms with van der Waals surface area (Å²) in [4.78, 5) is 15.0. The molecule has 7 nitrogen and oxygen atoms in total. The van der Waals surface area contributed by atoms with Crippen molar-refractivity contribution in [2.75, 3.05) is 19.8 Å². The lowest BCUT2D eigenvalue weighted by atomic mass is 9.94. The van der Waals surface area contributed by atoms with Gasteiger partial charge >= 0.3 is 0 Å². The van der Waals surface area contributed by atoms with E-state index in [0.717, 1.165) is 28.0 Å². The van der Waals surface area contributed by atoms with Gasteiger partial charge in [-0.05, 0) is 62.1 Å². The summed E-state index contributed by atoms with van der Waals surface area (Å²) in [5.74, 6) is 0.711. The summed E-state index contributed by atoms with van der Waals surface area (Å²) in [5.41, 5.74) is 4.95. The average Bonchev–Trinajstić information content (AvgIpc) is 3.28. The van der Waals surface area contributed by atoms with E-state index in [2.05, 4.69) is 10.2 Å². The van der Waals surface area contributed by atoms with Crippen molar-refractivity contribution < 1.29 is 19.7 Å². The van der Waals surface area contributed by atoms with Crippen LogP contribution in [0.5, 0.6) is 11.5 Å². The number of carbonyl (C=O) groups excluding carboxylic acids is 1. The van der Waals surface area contributed by atoms with Crippen molar-refractivity contribution in [1.82, 2.24) is 15.1 Å². The number of phenolic OH excluding ortho intramolecular Hbond substituents is 1. The summed E-state index contributed by atoms with van der Waals surface area (Å²) < 4.78 is 5.68. The summed E-state index contributed by atoms with van der Waals surface area (Å²) in [6, 6.07) is 11.1. The third kappa shape index (κ3) is 3.65. The molecule has 2 aromatic carbocycles. The number of amides is 1. The number of benzene rings is 2. The number of nitrogens with zero attached hydrogens (tertiary/aromatic N) is 2. The van der Waals surface area contributed by atoms with Crippen molar-refractivity contribution in [3.8, 4) is 22.8 Å². The fourth-order valence-corrected chi connectivity index (χ4v) is 4.30. The molecule has 0 aliphatic carbocycles. The number of H-pyrrole nitrogens is 1. The summed E-state index contributed by atoms with van der Waals surface area (Å²) in [7, 11) is 0. The van der Waals surface area contributed by atoms with Crippen LogP contribution in [0.25, 0.3) is 11.3 Å². The number of hydrogen-bond acceptors (Lipinski definition) is 5. The predicted molar refractivity (Wildman–Crippen MR) is 117 cm³/mol. The maximum Gasteiger partial charge on any atom is 0.273 e. The number of rotatable bonds is 7. The zero-order valence-electron chi connectivity index (χ0n) is 18.0. The molecular weight excluding hydrogens is 394 g/mol. The molecule has 0 saturated carbocycles. The fraction of sp³-hybridized carbons (Fsp3) is 0.333. The first-order valence-electron chi connectivity index (χ1n) is 10.5. The van der Waals surface area contributed by atoms with Gasteiger partial charge in [0.2, 0.25) is 0 Å². The molecule has 1 amide bonds. The van der Waals surface area contributed by atoms with Gasteiger partial charge in [-0.2, -0.15) is 5.10 Å². The van der Waals surface area contributed by atoms with Crippen molar-refractivity contribution in [3.63, 3.8) is 0 Å². The van der Waals surface area contributed by atoms with Crippen molar-refractivity contribution in [2.24, 2.45) is 0 Å². The van der Waals surface area contributed by atoms with E-state index < -0.39 is 6.04 Å². The second kappa shape index (κ2) is 8.43. The fourth-order valence-electron chi connectivity index (χ4n) is 4.30. The molecule has 0 bridgehead atoms. The lowest BCUT2D eigenvalue weighted by Crippen LogP contribution is -2.31. The van der Waals surface area contributed by atoms with E-state index in [0.29, 0.717) is 36.5 Å². The Morgan fingerprint density at radius 2 is 2.03 bits per heavy atom. The molecule has 1 atom stereocenters. The number of aromatic nitrogens is 2. The number of hydrogen-bond donors (Lipinski definition) is 3.